The van der Waals surface area contributed by atoms with Crippen LogP contribution in [0, 0.1) is 5.92 Å². The monoisotopic (exact) mass is 335 g/mol. The third-order valence-electron chi connectivity index (χ3n) is 4.08. The van der Waals surface area contributed by atoms with Gasteiger partial charge in [-0.05, 0) is 12.1 Å². The van der Waals surface area contributed by atoms with E-state index in [9.17, 15) is 9.59 Å². The van der Waals surface area contributed by atoms with Gasteiger partial charge in [-0.2, -0.15) is 0 Å². The summed E-state index contributed by atoms with van der Waals surface area (Å²) in [6.07, 6.45) is 0. The van der Waals surface area contributed by atoms with Crippen LogP contribution < -0.4 is 5.32 Å². The normalized spacial score (nSPS) is 11.0. The van der Waals surface area contributed by atoms with Gasteiger partial charge in [-0.15, -0.1) is 0 Å². The third-order valence-corrected chi connectivity index (χ3v) is 4.08. The van der Waals surface area contributed by atoms with E-state index in [1.165, 1.54) is 0 Å². The van der Waals surface area contributed by atoms with Crippen molar-refractivity contribution in [2.75, 3.05) is 0 Å². The first-order valence-corrected chi connectivity index (χ1v) is 8.36. The highest BCUT2D eigenvalue weighted by molar-refractivity contribution is 5.96. The zero-order valence-electron chi connectivity index (χ0n) is 14.4. The molecule has 128 valence electrons. The van der Waals surface area contributed by atoms with E-state index < -0.39 is 0 Å². The topological polar surface area (TPSA) is 64.0 Å². The summed E-state index contributed by atoms with van der Waals surface area (Å²) >= 11 is 0. The quantitative estimate of drug-likeness (QED) is 0.704. The zero-order chi connectivity index (χ0) is 17.8. The summed E-state index contributed by atoms with van der Waals surface area (Å²) in [5.41, 5.74) is 2.37. The Bertz CT molecular complexity index is 898. The fourth-order valence-corrected chi connectivity index (χ4v) is 2.67. The van der Waals surface area contributed by atoms with Gasteiger partial charge in [0.15, 0.2) is 5.78 Å². The summed E-state index contributed by atoms with van der Waals surface area (Å²) in [5, 5.41) is 2.88. The van der Waals surface area contributed by atoms with E-state index in [4.69, 9.17) is 0 Å². The first-order valence-electron chi connectivity index (χ1n) is 8.36. The highest BCUT2D eigenvalue weighted by atomic mass is 16.1. The van der Waals surface area contributed by atoms with Crippen LogP contribution in [0.2, 0.25) is 0 Å². The number of rotatable bonds is 6. The van der Waals surface area contributed by atoms with Crippen LogP contribution in [0.3, 0.4) is 0 Å². The Hall–Kier alpha value is -2.95. The molecule has 3 rings (SSSR count). The van der Waals surface area contributed by atoms with Gasteiger partial charge in [0.05, 0.1) is 24.1 Å². The molecule has 0 aliphatic rings. The molecule has 0 atom stereocenters. The Labute approximate surface area is 146 Å². The Kier molecular flexibility index (Phi) is 4.93. The summed E-state index contributed by atoms with van der Waals surface area (Å²) in [6.45, 7) is 4.18. The first-order chi connectivity index (χ1) is 12.1. The number of aromatic nitrogens is 2. The molecule has 1 amide bonds. The van der Waals surface area contributed by atoms with E-state index in [-0.39, 0.29) is 24.2 Å². The number of imidazole rings is 1. The summed E-state index contributed by atoms with van der Waals surface area (Å²) in [6, 6.07) is 16.9. The van der Waals surface area contributed by atoms with Crippen molar-refractivity contribution >= 4 is 22.7 Å². The molecule has 5 nitrogen and oxygen atoms in total. The first kappa shape index (κ1) is 16.9. The molecule has 25 heavy (non-hydrogen) atoms. The van der Waals surface area contributed by atoms with Crippen LogP contribution in [-0.2, 0) is 17.9 Å². The Balaban J connectivity index is 1.90. The standard InChI is InChI=1S/C20H21N3O2/c1-14(2)20(25)21-12-19-22-16-10-6-7-11-17(16)23(19)13-18(24)15-8-4-3-5-9-15/h3-11,14H,12-13H2,1-2H3,(H,21,25). The molecule has 1 N–H and O–H groups in total. The number of carbonyl (C=O) groups is 2. The highest BCUT2D eigenvalue weighted by Crippen LogP contribution is 2.17. The van der Waals surface area contributed by atoms with E-state index in [0.717, 1.165) is 11.0 Å². The van der Waals surface area contributed by atoms with Gasteiger partial charge in [-0.1, -0.05) is 56.3 Å². The third kappa shape index (κ3) is 3.76. The minimum atomic E-state index is -0.0937. The van der Waals surface area contributed by atoms with Gasteiger partial charge in [-0.25, -0.2) is 4.98 Å². The number of benzene rings is 2. The van der Waals surface area contributed by atoms with E-state index in [0.29, 0.717) is 17.9 Å². The molecule has 2 aromatic carbocycles. The SMILES string of the molecule is CC(C)C(=O)NCc1nc2ccccc2n1CC(=O)c1ccccc1. The average molecular weight is 335 g/mol. The second-order valence-electron chi connectivity index (χ2n) is 6.26. The second kappa shape index (κ2) is 7.30. The van der Waals surface area contributed by atoms with Crippen molar-refractivity contribution < 1.29 is 9.59 Å². The lowest BCUT2D eigenvalue weighted by Gasteiger charge is -2.11. The number of para-hydroxylation sites is 2. The molecule has 5 heteroatoms. The van der Waals surface area contributed by atoms with Crippen molar-refractivity contribution in [3.05, 3.63) is 66.0 Å². The van der Waals surface area contributed by atoms with Crippen LogP contribution in [0.25, 0.3) is 11.0 Å². The highest BCUT2D eigenvalue weighted by Gasteiger charge is 2.16. The van der Waals surface area contributed by atoms with Crippen LogP contribution in [0.5, 0.6) is 0 Å². The lowest BCUT2D eigenvalue weighted by Crippen LogP contribution is -2.29. The molecule has 0 bridgehead atoms. The summed E-state index contributed by atoms with van der Waals surface area (Å²) in [5.74, 6) is 0.566. The number of nitrogens with zero attached hydrogens (tertiary/aromatic N) is 2. The maximum absolute atomic E-state index is 12.6. The molecule has 0 fully saturated rings. The molecular weight excluding hydrogens is 314 g/mol. The van der Waals surface area contributed by atoms with Crippen LogP contribution in [0.15, 0.2) is 54.6 Å². The predicted molar refractivity (Wildman–Crippen MR) is 97.2 cm³/mol. The van der Waals surface area contributed by atoms with Gasteiger partial charge in [0.2, 0.25) is 5.91 Å². The molecule has 0 radical (unpaired) electrons. The fraction of sp³-hybridized carbons (Fsp3) is 0.250. The summed E-state index contributed by atoms with van der Waals surface area (Å²) in [7, 11) is 0. The smallest absolute Gasteiger partial charge is 0.222 e. The lowest BCUT2D eigenvalue weighted by molar-refractivity contribution is -0.124. The largest absolute Gasteiger partial charge is 0.349 e. The Morgan fingerprint density at radius 1 is 1.04 bits per heavy atom. The molecule has 0 aliphatic heterocycles. The number of amides is 1. The Morgan fingerprint density at radius 2 is 1.72 bits per heavy atom. The van der Waals surface area contributed by atoms with Crippen molar-refractivity contribution in [2.45, 2.75) is 26.9 Å². The zero-order valence-corrected chi connectivity index (χ0v) is 14.4. The Morgan fingerprint density at radius 3 is 2.44 bits per heavy atom. The molecule has 3 aromatic rings. The van der Waals surface area contributed by atoms with E-state index >= 15 is 0 Å². The van der Waals surface area contributed by atoms with E-state index in [1.807, 2.05) is 73.0 Å². The van der Waals surface area contributed by atoms with E-state index in [1.54, 1.807) is 0 Å². The number of fused-ring (bicyclic) bond motifs is 1. The number of hydrogen-bond donors (Lipinski definition) is 1. The number of Topliss-reactive ketones (excluding diaryl/α,β-unsaturated/α-hetero) is 1. The second-order valence-corrected chi connectivity index (χ2v) is 6.26. The molecule has 0 unspecified atom stereocenters. The number of carbonyl (C=O) groups excluding carboxylic acids is 2. The average Bonchev–Trinajstić information content (AvgIpc) is 2.98. The van der Waals surface area contributed by atoms with Crippen LogP contribution in [0.1, 0.15) is 30.0 Å². The van der Waals surface area contributed by atoms with Crippen molar-refractivity contribution in [2.24, 2.45) is 5.92 Å². The minimum Gasteiger partial charge on any atom is -0.349 e. The predicted octanol–water partition coefficient (Wildman–Crippen LogP) is 3.19. The van der Waals surface area contributed by atoms with Gasteiger partial charge in [0, 0.05) is 11.5 Å². The number of nitrogens with one attached hydrogen (secondary N) is 1. The fourth-order valence-electron chi connectivity index (χ4n) is 2.67. The van der Waals surface area contributed by atoms with Gasteiger partial charge >= 0.3 is 0 Å². The van der Waals surface area contributed by atoms with Gasteiger partial charge < -0.3 is 9.88 Å². The molecular formula is C20H21N3O2. The number of ketones is 1. The van der Waals surface area contributed by atoms with Crippen LogP contribution in [-0.4, -0.2) is 21.2 Å². The van der Waals surface area contributed by atoms with Crippen molar-refractivity contribution in [3.8, 4) is 0 Å². The molecule has 0 spiro atoms. The van der Waals surface area contributed by atoms with Gasteiger partial charge in [-0.3, -0.25) is 9.59 Å². The van der Waals surface area contributed by atoms with Crippen molar-refractivity contribution in [3.63, 3.8) is 0 Å². The maximum atomic E-state index is 12.6. The summed E-state index contributed by atoms with van der Waals surface area (Å²) in [4.78, 5) is 29.1. The maximum Gasteiger partial charge on any atom is 0.222 e. The molecule has 0 saturated carbocycles. The molecule has 1 heterocycles. The van der Waals surface area contributed by atoms with Crippen molar-refractivity contribution in [1.82, 2.24) is 14.9 Å². The molecule has 0 aliphatic carbocycles. The lowest BCUT2D eigenvalue weighted by atomic mass is 10.1. The van der Waals surface area contributed by atoms with Gasteiger partial charge in [0.25, 0.3) is 0 Å². The minimum absolute atomic E-state index is 0.0141. The van der Waals surface area contributed by atoms with Crippen LogP contribution in [0.4, 0.5) is 0 Å². The molecule has 0 saturated heterocycles. The van der Waals surface area contributed by atoms with E-state index in [2.05, 4.69) is 10.3 Å². The van der Waals surface area contributed by atoms with Crippen molar-refractivity contribution in [1.29, 1.82) is 0 Å². The molecule has 1 aromatic heterocycles. The number of hydrogen-bond acceptors (Lipinski definition) is 3. The van der Waals surface area contributed by atoms with Gasteiger partial charge in [0.1, 0.15) is 5.82 Å². The van der Waals surface area contributed by atoms with Crippen LogP contribution >= 0.6 is 0 Å². The summed E-state index contributed by atoms with van der Waals surface area (Å²) < 4.78 is 1.88.